The van der Waals surface area contributed by atoms with Crippen molar-refractivity contribution < 1.29 is 4.42 Å². The van der Waals surface area contributed by atoms with Crippen molar-refractivity contribution in [1.29, 1.82) is 0 Å². The monoisotopic (exact) mass is 421 g/mol. The minimum atomic E-state index is -0.124. The van der Waals surface area contributed by atoms with Gasteiger partial charge in [-0.1, -0.05) is 23.4 Å². The summed E-state index contributed by atoms with van der Waals surface area (Å²) in [7, 11) is 0. The number of thioether (sulfide) groups is 1. The molecule has 120 valence electrons. The molecule has 0 saturated carbocycles. The lowest BCUT2D eigenvalue weighted by molar-refractivity contribution is 0.489. The van der Waals surface area contributed by atoms with E-state index in [9.17, 15) is 4.79 Å². The molecule has 0 N–H and O–H groups in total. The van der Waals surface area contributed by atoms with Gasteiger partial charge in [0.2, 0.25) is 0 Å². The second-order valence-electron chi connectivity index (χ2n) is 5.04. The van der Waals surface area contributed by atoms with E-state index in [4.69, 9.17) is 16.0 Å². The van der Waals surface area contributed by atoms with Crippen LogP contribution in [0.25, 0.3) is 16.7 Å². The first-order chi connectivity index (χ1) is 11.6. The number of pyridine rings is 1. The van der Waals surface area contributed by atoms with E-state index in [1.807, 2.05) is 6.07 Å². The lowest BCUT2D eigenvalue weighted by Gasteiger charge is -2.03. The second-order valence-corrected chi connectivity index (χ2v) is 7.32. The normalized spacial score (nSPS) is 11.4. The fourth-order valence-corrected chi connectivity index (χ4v) is 3.51. The molecule has 4 rings (SSSR count). The Hall–Kier alpha value is -1.83. The number of halogens is 2. The Morgan fingerprint density at radius 1 is 1.21 bits per heavy atom. The van der Waals surface area contributed by atoms with Gasteiger partial charge in [-0.3, -0.25) is 9.20 Å². The van der Waals surface area contributed by atoms with Crippen LogP contribution in [0.1, 0.15) is 5.69 Å². The molecule has 4 aromatic rings. The second kappa shape index (κ2) is 6.23. The van der Waals surface area contributed by atoms with E-state index in [2.05, 4.69) is 25.9 Å². The first-order valence-electron chi connectivity index (χ1n) is 6.95. The van der Waals surface area contributed by atoms with Gasteiger partial charge in [0.15, 0.2) is 5.58 Å². The molecule has 0 aliphatic rings. The highest BCUT2D eigenvalue weighted by Gasteiger charge is 2.09. The van der Waals surface area contributed by atoms with Gasteiger partial charge in [0.1, 0.15) is 11.2 Å². The van der Waals surface area contributed by atoms with Crippen LogP contribution in [0.2, 0.25) is 5.02 Å². The third-order valence-electron chi connectivity index (χ3n) is 3.35. The van der Waals surface area contributed by atoms with Crippen molar-refractivity contribution in [2.75, 3.05) is 0 Å². The molecule has 0 atom stereocenters. The lowest BCUT2D eigenvalue weighted by Crippen LogP contribution is -2.15. The largest absolute Gasteiger partial charge is 0.431 e. The van der Waals surface area contributed by atoms with Gasteiger partial charge in [0.25, 0.3) is 10.8 Å². The zero-order chi connectivity index (χ0) is 16.7. The van der Waals surface area contributed by atoms with Crippen LogP contribution in [0.5, 0.6) is 0 Å². The number of oxazole rings is 1. The van der Waals surface area contributed by atoms with Crippen molar-refractivity contribution in [2.45, 2.75) is 11.0 Å². The molecule has 0 radical (unpaired) electrons. The summed E-state index contributed by atoms with van der Waals surface area (Å²) >= 11 is 10.7. The molecule has 5 nitrogen and oxygen atoms in total. The Balaban J connectivity index is 1.61. The predicted molar refractivity (Wildman–Crippen MR) is 97.7 cm³/mol. The van der Waals surface area contributed by atoms with Gasteiger partial charge in [-0.15, -0.1) is 0 Å². The van der Waals surface area contributed by atoms with Crippen LogP contribution in [0.4, 0.5) is 0 Å². The van der Waals surface area contributed by atoms with Crippen molar-refractivity contribution >= 4 is 56.0 Å². The SMILES string of the molecule is O=c1cc(CSc2nc3cc(Cl)ccc3o2)nc2ccc(Br)cn12. The van der Waals surface area contributed by atoms with Crippen LogP contribution in [0.3, 0.4) is 0 Å². The van der Waals surface area contributed by atoms with Crippen molar-refractivity contribution in [3.05, 3.63) is 68.1 Å². The lowest BCUT2D eigenvalue weighted by atomic mass is 10.3. The van der Waals surface area contributed by atoms with Crippen LogP contribution >= 0.6 is 39.3 Å². The minimum absolute atomic E-state index is 0.124. The summed E-state index contributed by atoms with van der Waals surface area (Å²) in [6.45, 7) is 0. The molecule has 0 aliphatic carbocycles. The Labute approximate surface area is 153 Å². The fraction of sp³-hybridized carbons (Fsp3) is 0.0625. The average molecular weight is 423 g/mol. The summed E-state index contributed by atoms with van der Waals surface area (Å²) in [5, 5.41) is 1.13. The van der Waals surface area contributed by atoms with Crippen molar-refractivity contribution in [2.24, 2.45) is 0 Å². The zero-order valence-electron chi connectivity index (χ0n) is 12.1. The molecule has 0 aliphatic heterocycles. The quantitative estimate of drug-likeness (QED) is 0.454. The van der Waals surface area contributed by atoms with Crippen molar-refractivity contribution in [3.8, 4) is 0 Å². The molecule has 0 bridgehead atoms. The molecule has 3 heterocycles. The summed E-state index contributed by atoms with van der Waals surface area (Å²) in [5.74, 6) is 0.488. The summed E-state index contributed by atoms with van der Waals surface area (Å²) < 4.78 is 7.98. The molecule has 0 amide bonds. The third kappa shape index (κ3) is 3.07. The van der Waals surface area contributed by atoms with Gasteiger partial charge in [-0.05, 0) is 46.3 Å². The molecule has 1 aromatic carbocycles. The first kappa shape index (κ1) is 15.7. The Kier molecular flexibility index (Phi) is 4.07. The Bertz CT molecular complexity index is 1130. The number of aromatic nitrogens is 3. The highest BCUT2D eigenvalue weighted by molar-refractivity contribution is 9.10. The van der Waals surface area contributed by atoms with E-state index in [1.165, 1.54) is 22.2 Å². The third-order valence-corrected chi connectivity index (χ3v) is 4.92. The minimum Gasteiger partial charge on any atom is -0.431 e. The van der Waals surface area contributed by atoms with E-state index in [1.54, 1.807) is 30.5 Å². The van der Waals surface area contributed by atoms with E-state index >= 15 is 0 Å². The number of hydrogen-bond acceptors (Lipinski definition) is 5. The maximum atomic E-state index is 12.2. The summed E-state index contributed by atoms with van der Waals surface area (Å²) in [4.78, 5) is 21.1. The van der Waals surface area contributed by atoms with E-state index in [0.717, 1.165) is 4.47 Å². The smallest absolute Gasteiger partial charge is 0.258 e. The maximum Gasteiger partial charge on any atom is 0.258 e. The Morgan fingerprint density at radius 3 is 2.96 bits per heavy atom. The average Bonchev–Trinajstić information content (AvgIpc) is 2.95. The van der Waals surface area contributed by atoms with Crippen LogP contribution in [0.15, 0.2) is 61.5 Å². The van der Waals surface area contributed by atoms with E-state index in [0.29, 0.717) is 38.4 Å². The highest BCUT2D eigenvalue weighted by atomic mass is 79.9. The molecule has 3 aromatic heterocycles. The molecule has 0 saturated heterocycles. The topological polar surface area (TPSA) is 60.4 Å². The molecule has 0 unspecified atom stereocenters. The van der Waals surface area contributed by atoms with Crippen LogP contribution < -0.4 is 5.56 Å². The molecule has 8 heteroatoms. The van der Waals surface area contributed by atoms with Crippen LogP contribution in [0, 0.1) is 0 Å². The van der Waals surface area contributed by atoms with Gasteiger partial charge in [-0.2, -0.15) is 0 Å². The van der Waals surface area contributed by atoms with Gasteiger partial charge < -0.3 is 4.42 Å². The van der Waals surface area contributed by atoms with Gasteiger partial charge >= 0.3 is 0 Å². The number of nitrogens with zero attached hydrogens (tertiary/aromatic N) is 3. The number of hydrogen-bond donors (Lipinski definition) is 0. The van der Waals surface area contributed by atoms with E-state index in [-0.39, 0.29) is 5.56 Å². The summed E-state index contributed by atoms with van der Waals surface area (Å²) in [6.07, 6.45) is 1.70. The molecular weight excluding hydrogens is 414 g/mol. The van der Waals surface area contributed by atoms with Crippen molar-refractivity contribution in [3.63, 3.8) is 0 Å². The van der Waals surface area contributed by atoms with Gasteiger partial charge in [0.05, 0.1) is 5.69 Å². The standard InChI is InChI=1S/C16H9BrClN3O2S/c17-9-1-4-14-19-11(6-15(22)21(14)7-9)8-24-16-20-12-5-10(18)2-3-13(12)23-16/h1-7H,8H2. The molecule has 24 heavy (non-hydrogen) atoms. The predicted octanol–water partition coefficient (Wildman–Crippen LogP) is 4.54. The molecule has 0 fully saturated rings. The maximum absolute atomic E-state index is 12.2. The zero-order valence-corrected chi connectivity index (χ0v) is 15.2. The fourth-order valence-electron chi connectivity index (χ4n) is 2.28. The molecule has 0 spiro atoms. The molecular formula is C16H9BrClN3O2S. The number of rotatable bonds is 3. The van der Waals surface area contributed by atoms with Gasteiger partial charge in [-0.25, -0.2) is 9.97 Å². The number of benzene rings is 1. The summed E-state index contributed by atoms with van der Waals surface area (Å²) in [6, 6.07) is 10.5. The highest BCUT2D eigenvalue weighted by Crippen LogP contribution is 2.27. The van der Waals surface area contributed by atoms with Gasteiger partial charge in [0, 0.05) is 27.5 Å². The van der Waals surface area contributed by atoms with Crippen LogP contribution in [-0.4, -0.2) is 14.4 Å². The number of fused-ring (bicyclic) bond motifs is 2. The summed E-state index contributed by atoms with van der Waals surface area (Å²) in [5.41, 5.74) is 2.54. The first-order valence-corrected chi connectivity index (χ1v) is 9.11. The Morgan fingerprint density at radius 2 is 2.08 bits per heavy atom. The van der Waals surface area contributed by atoms with Crippen molar-refractivity contribution in [1.82, 2.24) is 14.4 Å². The van der Waals surface area contributed by atoms with Crippen LogP contribution in [-0.2, 0) is 5.75 Å². The van der Waals surface area contributed by atoms with E-state index < -0.39 is 0 Å².